The van der Waals surface area contributed by atoms with Gasteiger partial charge in [-0.15, -0.1) is 0 Å². The van der Waals surface area contributed by atoms with Crippen molar-refractivity contribution in [1.29, 1.82) is 0 Å². The number of hydrogen-bond donors (Lipinski definition) is 2. The average molecular weight is 436 g/mol. The van der Waals surface area contributed by atoms with Gasteiger partial charge in [0, 0.05) is 0 Å². The Labute approximate surface area is 183 Å². The second-order valence-electron chi connectivity index (χ2n) is 7.18. The second-order valence-corrected chi connectivity index (χ2v) is 9.04. The first-order valence-corrected chi connectivity index (χ1v) is 11.2. The largest absolute Gasteiger partial charge is 0.299 e. The maximum Gasteiger partial charge on any atom is 0.264 e. The van der Waals surface area contributed by atoms with E-state index in [1.165, 1.54) is 12.1 Å². The lowest BCUT2D eigenvalue weighted by Crippen LogP contribution is -2.45. The summed E-state index contributed by atoms with van der Waals surface area (Å²) in [4.78, 5) is 12.8. The van der Waals surface area contributed by atoms with Crippen molar-refractivity contribution >= 4 is 27.3 Å². The third-order valence-electron chi connectivity index (χ3n) is 4.69. The van der Waals surface area contributed by atoms with Gasteiger partial charge in [-0.05, 0) is 43.7 Å². The lowest BCUT2D eigenvalue weighted by Gasteiger charge is -2.24. The Balaban J connectivity index is 1.78. The summed E-state index contributed by atoms with van der Waals surface area (Å²) in [5.74, 6) is -0.520. The molecule has 6 nitrogen and oxygen atoms in total. The fraction of sp³-hybridized carbons (Fsp3) is 0.125. The van der Waals surface area contributed by atoms with Crippen molar-refractivity contribution in [2.75, 3.05) is 10.8 Å². The highest BCUT2D eigenvalue weighted by molar-refractivity contribution is 7.92. The Morgan fingerprint density at radius 2 is 1.39 bits per heavy atom. The lowest BCUT2D eigenvalue weighted by atomic mass is 10.1. The van der Waals surface area contributed by atoms with E-state index in [2.05, 4.69) is 17.4 Å². The minimum atomic E-state index is -3.94. The van der Waals surface area contributed by atoms with Gasteiger partial charge in [0.25, 0.3) is 15.9 Å². The molecule has 0 aromatic heterocycles. The summed E-state index contributed by atoms with van der Waals surface area (Å²) in [7, 11) is -3.94. The zero-order chi connectivity index (χ0) is 22.4. The molecule has 1 amide bonds. The summed E-state index contributed by atoms with van der Waals surface area (Å²) in [6.07, 6.45) is 0. The highest BCUT2D eigenvalue weighted by atomic mass is 32.2. The topological polar surface area (TPSA) is 78.5 Å². The molecule has 2 N–H and O–H groups in total. The number of benzene rings is 3. The van der Waals surface area contributed by atoms with E-state index in [0.29, 0.717) is 11.4 Å². The van der Waals surface area contributed by atoms with Gasteiger partial charge in [-0.25, -0.2) is 8.42 Å². The van der Waals surface area contributed by atoms with Crippen LogP contribution in [0.15, 0.2) is 90.3 Å². The van der Waals surface area contributed by atoms with Gasteiger partial charge in [0.2, 0.25) is 0 Å². The van der Waals surface area contributed by atoms with Crippen molar-refractivity contribution in [1.82, 2.24) is 10.9 Å². The van der Waals surface area contributed by atoms with Gasteiger partial charge in [0.15, 0.2) is 0 Å². The standard InChI is InChI=1S/C24H25N3O3S/c1-18-9-13-21(14-10-18)20(3)25-26-24(28)17-27(22-15-11-19(2)12-16-22)31(29,30)23-7-5-4-6-8-23/h4-16,25H,3,17H2,1-2H3,(H,26,28). The zero-order valence-corrected chi connectivity index (χ0v) is 18.3. The normalized spacial score (nSPS) is 10.9. The number of amides is 1. The van der Waals surface area contributed by atoms with Gasteiger partial charge in [-0.2, -0.15) is 0 Å². The summed E-state index contributed by atoms with van der Waals surface area (Å²) in [6.45, 7) is 7.41. The van der Waals surface area contributed by atoms with Gasteiger partial charge in [0.05, 0.1) is 16.3 Å². The SMILES string of the molecule is C=C(NNC(=O)CN(c1ccc(C)cc1)S(=O)(=O)c1ccccc1)c1ccc(C)cc1. The van der Waals surface area contributed by atoms with Gasteiger partial charge in [-0.3, -0.25) is 20.0 Å². The van der Waals surface area contributed by atoms with Crippen molar-refractivity contribution in [3.8, 4) is 0 Å². The Hall–Kier alpha value is -3.58. The molecule has 0 aliphatic carbocycles. The van der Waals surface area contributed by atoms with Gasteiger partial charge in [-0.1, -0.05) is 72.3 Å². The molecular weight excluding hydrogens is 410 g/mol. The first-order chi connectivity index (χ1) is 14.8. The summed E-state index contributed by atoms with van der Waals surface area (Å²) in [5.41, 5.74) is 9.12. The molecule has 3 rings (SSSR count). The molecule has 0 saturated carbocycles. The van der Waals surface area contributed by atoms with E-state index in [0.717, 1.165) is 21.0 Å². The van der Waals surface area contributed by atoms with E-state index in [9.17, 15) is 13.2 Å². The summed E-state index contributed by atoms with van der Waals surface area (Å²) >= 11 is 0. The molecule has 0 fully saturated rings. The minimum Gasteiger partial charge on any atom is -0.299 e. The maximum atomic E-state index is 13.3. The molecule has 7 heteroatoms. The number of anilines is 1. The number of nitrogens with one attached hydrogen (secondary N) is 2. The van der Waals surface area contributed by atoms with Crippen molar-refractivity contribution in [3.63, 3.8) is 0 Å². The summed E-state index contributed by atoms with van der Waals surface area (Å²) in [6, 6.07) is 22.7. The molecule has 0 radical (unpaired) electrons. The van der Waals surface area contributed by atoms with Gasteiger partial charge in [0.1, 0.15) is 6.54 Å². The molecule has 31 heavy (non-hydrogen) atoms. The molecule has 0 aliphatic rings. The summed E-state index contributed by atoms with van der Waals surface area (Å²) in [5, 5.41) is 0. The van der Waals surface area contributed by atoms with E-state index in [1.807, 2.05) is 38.1 Å². The number of aryl methyl sites for hydroxylation is 2. The van der Waals surface area contributed by atoms with Crippen molar-refractivity contribution < 1.29 is 13.2 Å². The molecule has 0 spiro atoms. The molecule has 0 unspecified atom stereocenters. The number of hydrogen-bond acceptors (Lipinski definition) is 4. The number of hydrazine groups is 1. The van der Waals surface area contributed by atoms with Crippen LogP contribution < -0.4 is 15.2 Å². The molecule has 0 heterocycles. The first-order valence-electron chi connectivity index (χ1n) is 9.72. The van der Waals surface area contributed by atoms with Crippen molar-refractivity contribution in [2.24, 2.45) is 0 Å². The quantitative estimate of drug-likeness (QED) is 0.528. The monoisotopic (exact) mass is 435 g/mol. The lowest BCUT2D eigenvalue weighted by molar-refractivity contribution is -0.120. The molecule has 0 bridgehead atoms. The molecular formula is C24H25N3O3S. The Morgan fingerprint density at radius 1 is 0.839 bits per heavy atom. The van der Waals surface area contributed by atoms with Crippen LogP contribution in [0.2, 0.25) is 0 Å². The van der Waals surface area contributed by atoms with Crippen LogP contribution >= 0.6 is 0 Å². The Kier molecular flexibility index (Phi) is 6.77. The van der Waals surface area contributed by atoms with Crippen LogP contribution in [0.4, 0.5) is 5.69 Å². The minimum absolute atomic E-state index is 0.111. The predicted octanol–water partition coefficient (Wildman–Crippen LogP) is 3.79. The third kappa shape index (κ3) is 5.52. The maximum absolute atomic E-state index is 13.3. The third-order valence-corrected chi connectivity index (χ3v) is 6.48. The highest BCUT2D eigenvalue weighted by Gasteiger charge is 2.27. The van der Waals surface area contributed by atoms with Crippen LogP contribution in [0.5, 0.6) is 0 Å². The smallest absolute Gasteiger partial charge is 0.264 e. The first kappa shape index (κ1) is 22.1. The molecule has 0 saturated heterocycles. The van der Waals surface area contributed by atoms with Gasteiger partial charge >= 0.3 is 0 Å². The van der Waals surface area contributed by atoms with Crippen LogP contribution in [0.1, 0.15) is 16.7 Å². The predicted molar refractivity (Wildman–Crippen MR) is 124 cm³/mol. The number of nitrogens with zero attached hydrogens (tertiary/aromatic N) is 1. The number of rotatable bonds is 8. The van der Waals surface area contributed by atoms with E-state index in [4.69, 9.17) is 0 Å². The molecule has 0 atom stereocenters. The highest BCUT2D eigenvalue weighted by Crippen LogP contribution is 2.23. The van der Waals surface area contributed by atoms with E-state index >= 15 is 0 Å². The van der Waals surface area contributed by atoms with Crippen LogP contribution in [-0.2, 0) is 14.8 Å². The molecule has 0 aliphatic heterocycles. The number of carbonyl (C=O) groups excluding carboxylic acids is 1. The van der Waals surface area contributed by atoms with Crippen molar-refractivity contribution in [2.45, 2.75) is 18.7 Å². The zero-order valence-electron chi connectivity index (χ0n) is 17.5. The van der Waals surface area contributed by atoms with Crippen LogP contribution in [0.3, 0.4) is 0 Å². The molecule has 3 aromatic rings. The summed E-state index contributed by atoms with van der Waals surface area (Å²) < 4.78 is 27.6. The average Bonchev–Trinajstić information content (AvgIpc) is 2.77. The van der Waals surface area contributed by atoms with Crippen LogP contribution in [0.25, 0.3) is 5.70 Å². The van der Waals surface area contributed by atoms with Crippen LogP contribution in [-0.4, -0.2) is 20.9 Å². The van der Waals surface area contributed by atoms with E-state index in [-0.39, 0.29) is 4.90 Å². The van der Waals surface area contributed by atoms with E-state index < -0.39 is 22.5 Å². The molecule has 3 aromatic carbocycles. The number of sulfonamides is 1. The molecule has 160 valence electrons. The fourth-order valence-corrected chi connectivity index (χ4v) is 4.33. The van der Waals surface area contributed by atoms with Crippen molar-refractivity contribution in [3.05, 3.63) is 102 Å². The Morgan fingerprint density at radius 3 is 1.97 bits per heavy atom. The van der Waals surface area contributed by atoms with Gasteiger partial charge < -0.3 is 0 Å². The number of carbonyl (C=O) groups is 1. The second kappa shape index (κ2) is 9.49. The fourth-order valence-electron chi connectivity index (χ4n) is 2.89. The van der Waals surface area contributed by atoms with Crippen LogP contribution in [0, 0.1) is 13.8 Å². The van der Waals surface area contributed by atoms with E-state index in [1.54, 1.807) is 42.5 Å². The Bertz CT molecular complexity index is 1160.